The van der Waals surface area contributed by atoms with E-state index < -0.39 is 4.92 Å². The molecular formula is C13H8N2O3S. The molecule has 94 valence electrons. The first kappa shape index (κ1) is 12.9. The van der Waals surface area contributed by atoms with Crippen LogP contribution < -0.4 is 0 Å². The summed E-state index contributed by atoms with van der Waals surface area (Å²) in [7, 11) is 0. The van der Waals surface area contributed by atoms with E-state index in [1.54, 1.807) is 18.2 Å². The molecule has 0 saturated heterocycles. The molecule has 19 heavy (non-hydrogen) atoms. The lowest BCUT2D eigenvalue weighted by Gasteiger charge is -2.03. The number of nitro groups is 1. The molecule has 0 radical (unpaired) electrons. The minimum atomic E-state index is -0.456. The van der Waals surface area contributed by atoms with Gasteiger partial charge in [0.05, 0.1) is 10.5 Å². The molecule has 1 N–H and O–H groups in total. The average molecular weight is 272 g/mol. The van der Waals surface area contributed by atoms with Gasteiger partial charge in [0.2, 0.25) is 0 Å². The van der Waals surface area contributed by atoms with Gasteiger partial charge in [-0.15, -0.1) is 0 Å². The van der Waals surface area contributed by atoms with Gasteiger partial charge in [0, 0.05) is 21.9 Å². The smallest absolute Gasteiger partial charge is 0.269 e. The highest BCUT2D eigenvalue weighted by Gasteiger charge is 2.06. The van der Waals surface area contributed by atoms with Crippen LogP contribution in [-0.4, -0.2) is 10.0 Å². The molecule has 0 saturated carbocycles. The van der Waals surface area contributed by atoms with Gasteiger partial charge >= 0.3 is 0 Å². The number of aromatic hydroxyl groups is 1. The predicted molar refractivity (Wildman–Crippen MR) is 70.0 cm³/mol. The standard InChI is InChI=1S/C13H8N2O3S/c14-8-9-1-4-12(7-13(9)16)19-11-5-2-10(3-6-11)15(17)18/h1-7,16H. The van der Waals surface area contributed by atoms with Crippen molar-refractivity contribution in [3.05, 3.63) is 58.1 Å². The lowest BCUT2D eigenvalue weighted by Crippen LogP contribution is -1.86. The molecule has 0 aliphatic heterocycles. The Morgan fingerprint density at radius 1 is 1.16 bits per heavy atom. The van der Waals surface area contributed by atoms with Crippen molar-refractivity contribution < 1.29 is 10.0 Å². The minimum absolute atomic E-state index is 0.0343. The van der Waals surface area contributed by atoms with Gasteiger partial charge in [-0.25, -0.2) is 0 Å². The molecular weight excluding hydrogens is 264 g/mol. The van der Waals surface area contributed by atoms with Crippen molar-refractivity contribution in [2.45, 2.75) is 9.79 Å². The van der Waals surface area contributed by atoms with E-state index in [-0.39, 0.29) is 17.0 Å². The maximum atomic E-state index is 10.5. The Hall–Kier alpha value is -2.52. The summed E-state index contributed by atoms with van der Waals surface area (Å²) in [5.74, 6) is -0.0746. The summed E-state index contributed by atoms with van der Waals surface area (Å²) in [6.07, 6.45) is 0. The second kappa shape index (κ2) is 5.42. The molecule has 0 fully saturated rings. The summed E-state index contributed by atoms with van der Waals surface area (Å²) in [6.45, 7) is 0. The number of non-ortho nitro benzene ring substituents is 1. The lowest BCUT2D eigenvalue weighted by molar-refractivity contribution is -0.384. The normalized spacial score (nSPS) is 9.84. The Morgan fingerprint density at radius 2 is 1.79 bits per heavy atom. The van der Waals surface area contributed by atoms with Crippen LogP contribution in [0.15, 0.2) is 52.3 Å². The zero-order valence-corrected chi connectivity index (χ0v) is 10.4. The number of nitro benzene ring substituents is 1. The van der Waals surface area contributed by atoms with Crippen LogP contribution in [0.3, 0.4) is 0 Å². The van der Waals surface area contributed by atoms with Crippen LogP contribution in [-0.2, 0) is 0 Å². The van der Waals surface area contributed by atoms with Gasteiger partial charge in [0.15, 0.2) is 0 Å². The molecule has 6 heteroatoms. The van der Waals surface area contributed by atoms with Crippen molar-refractivity contribution in [2.75, 3.05) is 0 Å². The average Bonchev–Trinajstić information content (AvgIpc) is 2.39. The third kappa shape index (κ3) is 3.03. The van der Waals surface area contributed by atoms with Gasteiger partial charge in [-0.2, -0.15) is 5.26 Å². The zero-order chi connectivity index (χ0) is 13.8. The highest BCUT2D eigenvalue weighted by molar-refractivity contribution is 7.99. The molecule has 0 unspecified atom stereocenters. The van der Waals surface area contributed by atoms with E-state index in [1.165, 1.54) is 36.0 Å². The highest BCUT2D eigenvalue weighted by atomic mass is 32.2. The van der Waals surface area contributed by atoms with Gasteiger partial charge in [0.1, 0.15) is 11.8 Å². The summed E-state index contributed by atoms with van der Waals surface area (Å²) >= 11 is 1.35. The van der Waals surface area contributed by atoms with Crippen LogP contribution in [0.4, 0.5) is 5.69 Å². The van der Waals surface area contributed by atoms with Crippen LogP contribution in [0.5, 0.6) is 5.75 Å². The molecule has 0 aliphatic carbocycles. The van der Waals surface area contributed by atoms with Crippen molar-refractivity contribution in [1.29, 1.82) is 5.26 Å². The number of hydrogen-bond donors (Lipinski definition) is 1. The topological polar surface area (TPSA) is 87.2 Å². The van der Waals surface area contributed by atoms with E-state index in [4.69, 9.17) is 5.26 Å². The van der Waals surface area contributed by atoms with Gasteiger partial charge in [-0.3, -0.25) is 10.1 Å². The summed E-state index contributed by atoms with van der Waals surface area (Å²) in [4.78, 5) is 11.6. The third-order valence-corrected chi connectivity index (χ3v) is 3.37. The van der Waals surface area contributed by atoms with Crippen LogP contribution in [0.25, 0.3) is 0 Å². The second-order valence-corrected chi connectivity index (χ2v) is 4.79. The van der Waals surface area contributed by atoms with E-state index in [0.717, 1.165) is 9.79 Å². The minimum Gasteiger partial charge on any atom is -0.507 e. The number of phenols is 1. The lowest BCUT2D eigenvalue weighted by atomic mass is 10.2. The molecule has 2 aromatic rings. The predicted octanol–water partition coefficient (Wildman–Crippen LogP) is 3.32. The number of hydrogen-bond acceptors (Lipinski definition) is 5. The SMILES string of the molecule is N#Cc1ccc(Sc2ccc([N+](=O)[O-])cc2)cc1O. The molecule has 0 atom stereocenters. The molecule has 0 bridgehead atoms. The van der Waals surface area contributed by atoms with Crippen molar-refractivity contribution in [3.8, 4) is 11.8 Å². The van der Waals surface area contributed by atoms with E-state index >= 15 is 0 Å². The Bertz CT molecular complexity index is 663. The van der Waals surface area contributed by atoms with Crippen LogP contribution in [0.2, 0.25) is 0 Å². The number of rotatable bonds is 3. The fourth-order valence-electron chi connectivity index (χ4n) is 1.44. The Labute approximate surface area is 113 Å². The van der Waals surface area contributed by atoms with E-state index in [0.29, 0.717) is 0 Å². The molecule has 0 amide bonds. The number of phenolic OH excluding ortho intramolecular Hbond substituents is 1. The molecule has 2 aromatic carbocycles. The first-order valence-electron chi connectivity index (χ1n) is 5.25. The molecule has 5 nitrogen and oxygen atoms in total. The Morgan fingerprint density at radius 3 is 2.32 bits per heavy atom. The fraction of sp³-hybridized carbons (Fsp3) is 0. The second-order valence-electron chi connectivity index (χ2n) is 3.64. The third-order valence-electron chi connectivity index (χ3n) is 2.37. The number of nitriles is 1. The Balaban J connectivity index is 2.19. The summed E-state index contributed by atoms with van der Waals surface area (Å²) < 4.78 is 0. The van der Waals surface area contributed by atoms with E-state index in [2.05, 4.69) is 0 Å². The largest absolute Gasteiger partial charge is 0.507 e. The van der Waals surface area contributed by atoms with E-state index in [9.17, 15) is 15.2 Å². The Kier molecular flexibility index (Phi) is 3.68. The highest BCUT2D eigenvalue weighted by Crippen LogP contribution is 2.32. The fourth-order valence-corrected chi connectivity index (χ4v) is 2.29. The van der Waals surface area contributed by atoms with Gasteiger partial charge in [-0.05, 0) is 30.3 Å². The van der Waals surface area contributed by atoms with Gasteiger partial charge in [-0.1, -0.05) is 11.8 Å². The van der Waals surface area contributed by atoms with Crippen molar-refractivity contribution in [1.82, 2.24) is 0 Å². The van der Waals surface area contributed by atoms with E-state index in [1.807, 2.05) is 6.07 Å². The summed E-state index contributed by atoms with van der Waals surface area (Å²) in [6, 6.07) is 12.7. The maximum absolute atomic E-state index is 10.5. The first-order valence-corrected chi connectivity index (χ1v) is 6.07. The maximum Gasteiger partial charge on any atom is 0.269 e. The monoisotopic (exact) mass is 272 g/mol. The van der Waals surface area contributed by atoms with Crippen molar-refractivity contribution in [3.63, 3.8) is 0 Å². The van der Waals surface area contributed by atoms with Crippen molar-refractivity contribution >= 4 is 17.4 Å². The van der Waals surface area contributed by atoms with Crippen LogP contribution in [0.1, 0.15) is 5.56 Å². The molecule has 0 spiro atoms. The van der Waals surface area contributed by atoms with Gasteiger partial charge in [0.25, 0.3) is 5.69 Å². The summed E-state index contributed by atoms with van der Waals surface area (Å²) in [5.41, 5.74) is 0.250. The van der Waals surface area contributed by atoms with Crippen molar-refractivity contribution in [2.24, 2.45) is 0 Å². The quantitative estimate of drug-likeness (QED) is 0.684. The molecule has 2 rings (SSSR count). The van der Waals surface area contributed by atoms with Crippen LogP contribution >= 0.6 is 11.8 Å². The molecule has 0 aromatic heterocycles. The van der Waals surface area contributed by atoms with Gasteiger partial charge < -0.3 is 5.11 Å². The number of benzene rings is 2. The summed E-state index contributed by atoms with van der Waals surface area (Å²) in [5, 5.41) is 28.8. The molecule has 0 aliphatic rings. The number of nitrogens with zero attached hydrogens (tertiary/aromatic N) is 2. The van der Waals surface area contributed by atoms with Crippen LogP contribution in [0, 0.1) is 21.4 Å². The molecule has 0 heterocycles. The first-order chi connectivity index (χ1) is 9.10. The zero-order valence-electron chi connectivity index (χ0n) is 9.61.